The summed E-state index contributed by atoms with van der Waals surface area (Å²) in [5.74, 6) is -5.15. The molecule has 4 aliphatic heterocycles. The third-order valence-corrected chi connectivity index (χ3v) is 12.0. The van der Waals surface area contributed by atoms with Gasteiger partial charge in [0.25, 0.3) is 0 Å². The summed E-state index contributed by atoms with van der Waals surface area (Å²) in [6.45, 7) is 10.1. The number of amides is 3. The van der Waals surface area contributed by atoms with Crippen LogP contribution in [0.4, 0.5) is 16.2 Å². The van der Waals surface area contributed by atoms with E-state index >= 15 is 0 Å². The van der Waals surface area contributed by atoms with Gasteiger partial charge in [-0.2, -0.15) is 0 Å². The number of aliphatic hydroxyl groups is 2. The number of aryl methyl sites for hydroxylation is 2. The van der Waals surface area contributed by atoms with E-state index in [0.29, 0.717) is 33.7 Å². The molecule has 0 aliphatic carbocycles. The average Bonchev–Trinajstić information content (AvgIpc) is 3.56. The van der Waals surface area contributed by atoms with Gasteiger partial charge < -0.3 is 49.1 Å². The van der Waals surface area contributed by atoms with Crippen molar-refractivity contribution >= 4 is 63.2 Å². The summed E-state index contributed by atoms with van der Waals surface area (Å²) >= 11 is 0. The van der Waals surface area contributed by atoms with Crippen LogP contribution >= 0.6 is 0 Å². The van der Waals surface area contributed by atoms with E-state index in [9.17, 15) is 54.0 Å². The highest BCUT2D eigenvalue weighted by molar-refractivity contribution is 6.01. The molecule has 4 aliphatic rings. The Kier molecular flexibility index (Phi) is 12.2. The number of carboxylic acids is 2. The van der Waals surface area contributed by atoms with Crippen molar-refractivity contribution in [3.05, 3.63) is 103 Å². The van der Waals surface area contributed by atoms with Gasteiger partial charge in [0.2, 0.25) is 11.8 Å². The van der Waals surface area contributed by atoms with Gasteiger partial charge in [0.05, 0.1) is 36.1 Å². The lowest BCUT2D eigenvalue weighted by Crippen LogP contribution is -2.63. The molecular weight excluding hydrogens is 808 g/mol. The zero-order chi connectivity index (χ0) is 44.3. The van der Waals surface area contributed by atoms with Gasteiger partial charge >= 0.3 is 29.3 Å². The maximum atomic E-state index is 12.4. The Bertz CT molecular complexity index is 2710. The number of hydrogen-bond donors (Lipinski definition) is 6. The third-order valence-electron chi connectivity index (χ3n) is 12.0. The van der Waals surface area contributed by atoms with E-state index in [0.717, 1.165) is 26.8 Å². The zero-order valence-corrected chi connectivity index (χ0v) is 33.9. The zero-order valence-electron chi connectivity index (χ0n) is 33.9. The molecule has 0 unspecified atom stereocenters. The highest BCUT2D eigenvalue weighted by Crippen LogP contribution is 2.48. The van der Waals surface area contributed by atoms with Gasteiger partial charge in [-0.15, -0.1) is 0 Å². The predicted molar refractivity (Wildman–Crippen MR) is 224 cm³/mol. The highest BCUT2D eigenvalue weighted by Gasteiger charge is 2.61. The Morgan fingerprint density at radius 3 is 1.61 bits per heavy atom. The topological polar surface area (TPSA) is 266 Å². The summed E-state index contributed by atoms with van der Waals surface area (Å²) in [7, 11) is 0. The number of fused-ring (bicyclic) bond motifs is 4. The minimum Gasteiger partial charge on any atom is -0.477 e. The van der Waals surface area contributed by atoms with Gasteiger partial charge in [0.1, 0.15) is 29.2 Å². The molecule has 3 amide bonds. The Balaban J connectivity index is 0.000000204. The van der Waals surface area contributed by atoms with Crippen LogP contribution in [0.25, 0.3) is 21.9 Å². The second-order valence-corrected chi connectivity index (χ2v) is 15.8. The number of carbonyl (C=O) groups excluding carboxylic acids is 3. The van der Waals surface area contributed by atoms with Crippen molar-refractivity contribution in [2.24, 2.45) is 23.7 Å². The van der Waals surface area contributed by atoms with Crippen molar-refractivity contribution in [1.29, 1.82) is 0 Å². The predicted octanol–water partition coefficient (Wildman–Crippen LogP) is 4.19. The average molecular weight is 857 g/mol. The van der Waals surface area contributed by atoms with Gasteiger partial charge in [0, 0.05) is 70.4 Å². The van der Waals surface area contributed by atoms with Crippen molar-refractivity contribution in [2.75, 3.05) is 23.8 Å². The summed E-state index contributed by atoms with van der Waals surface area (Å²) < 4.78 is 15.6. The number of nitrogens with zero attached hydrogens (tertiary/aromatic N) is 2. The fourth-order valence-electron chi connectivity index (χ4n) is 9.05. The molecule has 4 aromatic rings. The second-order valence-electron chi connectivity index (χ2n) is 15.8. The first-order chi connectivity index (χ1) is 28.8. The van der Waals surface area contributed by atoms with Crippen molar-refractivity contribution in [3.63, 3.8) is 0 Å². The molecule has 2 saturated heterocycles. The number of β-lactam (4-membered cyclic amide) rings is 2. The molecule has 62 heavy (non-hydrogen) atoms. The number of ether oxygens (including phenoxy) is 1. The van der Waals surface area contributed by atoms with E-state index in [4.69, 9.17) is 13.6 Å². The van der Waals surface area contributed by atoms with Crippen LogP contribution in [0.3, 0.4) is 0 Å². The standard InChI is InChI=1S/C22H22N2O8.C21H22N2O6.CH4/c1-9-6-16(26)32-15-7-12(4-5-13(9)15)23-22(30)31-8-14-10(2)18-17(11(3)25)20(27)24(18)19(14)21(28)29;1-9-6-16(25)29-15-7-12(4-5-13(9)15)22-8-14-10(2)18-17(11(3)24)20(26)23(18)19(14)21(27)28;/h4-7,10-11,17-18,25H,8H2,1-3H3,(H,23,30)(H,28,29);4-7,10-11,17-18,22,24H,8H2,1-3H3,(H,27,28);1H4/t2*10-,11+,17+,18+;/m00./s1. The number of hydrogen-bond acceptors (Lipinski definition) is 13. The van der Waals surface area contributed by atoms with E-state index in [1.807, 2.05) is 26.0 Å². The summed E-state index contributed by atoms with van der Waals surface area (Å²) in [5.41, 5.74) is 3.05. The van der Waals surface area contributed by atoms with E-state index in [-0.39, 0.29) is 49.8 Å². The molecule has 0 bridgehead atoms. The minimum absolute atomic E-state index is 0. The smallest absolute Gasteiger partial charge is 0.411 e. The molecule has 0 saturated carbocycles. The molecular formula is C44H48N4O14. The SMILES string of the molecule is C.Cc1cc(=O)oc2cc(NC(=O)OCC3=C(C(=O)O)N4C(=O)[C@H]([C@@H](C)O)[C@H]4[C@H]3C)ccc12.Cc1cc(=O)oc2cc(NCC3=C(C(=O)O)N4C(=O)[C@H]([C@@H](C)O)[C@H]4[C@H]3C)ccc12. The number of benzene rings is 2. The maximum absolute atomic E-state index is 12.4. The minimum atomic E-state index is -1.30. The molecule has 18 nitrogen and oxygen atoms in total. The van der Waals surface area contributed by atoms with Crippen molar-refractivity contribution in [3.8, 4) is 0 Å². The Hall–Kier alpha value is -6.79. The fourth-order valence-corrected chi connectivity index (χ4v) is 9.05. The number of carboxylic acid groups (broad SMARTS) is 2. The number of nitrogens with one attached hydrogen (secondary N) is 2. The van der Waals surface area contributed by atoms with E-state index in [2.05, 4.69) is 10.6 Å². The van der Waals surface area contributed by atoms with Crippen molar-refractivity contribution in [2.45, 2.75) is 73.3 Å². The molecule has 8 rings (SSSR count). The number of aliphatic hydroxyl groups excluding tert-OH is 2. The number of rotatable bonds is 10. The molecule has 2 aromatic heterocycles. The molecule has 2 aromatic carbocycles. The van der Waals surface area contributed by atoms with Crippen LogP contribution in [0.5, 0.6) is 0 Å². The number of carbonyl (C=O) groups is 5. The summed E-state index contributed by atoms with van der Waals surface area (Å²) in [4.78, 5) is 86.3. The first-order valence-corrected chi connectivity index (χ1v) is 19.5. The van der Waals surface area contributed by atoms with Crippen LogP contribution in [-0.4, -0.2) is 97.5 Å². The lowest BCUT2D eigenvalue weighted by Gasteiger charge is -2.46. The summed E-state index contributed by atoms with van der Waals surface area (Å²) in [6, 6.07) is 12.1. The summed E-state index contributed by atoms with van der Waals surface area (Å²) in [6.07, 6.45) is -2.59. The molecule has 328 valence electrons. The molecule has 2 fully saturated rings. The van der Waals surface area contributed by atoms with Crippen LogP contribution < -0.4 is 21.9 Å². The number of aliphatic carboxylic acids is 2. The molecule has 0 radical (unpaired) electrons. The van der Waals surface area contributed by atoms with Crippen LogP contribution in [0, 0.1) is 37.5 Å². The van der Waals surface area contributed by atoms with Gasteiger partial charge in [-0.05, 0) is 68.7 Å². The molecule has 0 spiro atoms. The van der Waals surface area contributed by atoms with Gasteiger partial charge in [-0.1, -0.05) is 21.3 Å². The Labute approximate surface area is 354 Å². The largest absolute Gasteiger partial charge is 0.477 e. The first-order valence-electron chi connectivity index (χ1n) is 19.5. The fraction of sp³-hybridized carbons (Fsp3) is 0.386. The normalized spacial score (nSPS) is 23.4. The van der Waals surface area contributed by atoms with Crippen molar-refractivity contribution in [1.82, 2.24) is 9.80 Å². The van der Waals surface area contributed by atoms with E-state index < -0.39 is 71.2 Å². The lowest BCUT2D eigenvalue weighted by molar-refractivity contribution is -0.163. The quantitative estimate of drug-likeness (QED) is 0.0965. The monoisotopic (exact) mass is 856 g/mol. The van der Waals surface area contributed by atoms with Crippen LogP contribution in [0.15, 0.2) is 89.5 Å². The second kappa shape index (κ2) is 16.9. The van der Waals surface area contributed by atoms with Crippen LogP contribution in [0.2, 0.25) is 0 Å². The summed E-state index contributed by atoms with van der Waals surface area (Å²) in [5, 5.41) is 46.3. The molecule has 8 atom stereocenters. The van der Waals surface area contributed by atoms with Crippen LogP contribution in [-0.2, 0) is 23.9 Å². The van der Waals surface area contributed by atoms with Crippen LogP contribution in [0.1, 0.15) is 46.2 Å². The third kappa shape index (κ3) is 7.70. The van der Waals surface area contributed by atoms with E-state index in [1.165, 1.54) is 30.0 Å². The highest BCUT2D eigenvalue weighted by atomic mass is 16.5. The Morgan fingerprint density at radius 2 is 1.15 bits per heavy atom. The van der Waals surface area contributed by atoms with Gasteiger partial charge in [-0.25, -0.2) is 24.0 Å². The first kappa shape index (κ1) is 44.8. The Morgan fingerprint density at radius 1 is 0.710 bits per heavy atom. The molecule has 18 heteroatoms. The van der Waals surface area contributed by atoms with Gasteiger partial charge in [0.15, 0.2) is 0 Å². The maximum Gasteiger partial charge on any atom is 0.411 e. The van der Waals surface area contributed by atoms with E-state index in [1.54, 1.807) is 39.0 Å². The molecule has 6 heterocycles. The molecule has 6 N–H and O–H groups in total. The lowest BCUT2D eigenvalue weighted by atomic mass is 9.78. The van der Waals surface area contributed by atoms with Crippen molar-refractivity contribution < 1.29 is 58.0 Å². The van der Waals surface area contributed by atoms with Gasteiger partial charge in [-0.3, -0.25) is 14.9 Å². The number of anilines is 2.